The normalized spacial score (nSPS) is 13.7. The molecular formula is C15H23N3OS. The molecule has 20 heavy (non-hydrogen) atoms. The second-order valence-corrected chi connectivity index (χ2v) is 7.29. The molecule has 0 aromatic carbocycles. The minimum Gasteiger partial charge on any atom is -0.360 e. The molecule has 0 saturated carbocycles. The first kappa shape index (κ1) is 15.2. The highest BCUT2D eigenvalue weighted by Gasteiger charge is 2.22. The summed E-state index contributed by atoms with van der Waals surface area (Å²) in [5.74, 6) is 0.868. The number of nitrogens with one attached hydrogen (secondary N) is 1. The lowest BCUT2D eigenvalue weighted by Crippen LogP contribution is -2.17. The highest BCUT2D eigenvalue weighted by atomic mass is 32.1. The Kier molecular flexibility index (Phi) is 4.30. The molecule has 0 radical (unpaired) electrons. The van der Waals surface area contributed by atoms with E-state index in [1.807, 2.05) is 13.0 Å². The summed E-state index contributed by atoms with van der Waals surface area (Å²) < 4.78 is 5.22. The smallest absolute Gasteiger partial charge is 0.150 e. The number of rotatable bonds is 4. The second kappa shape index (κ2) is 5.66. The minimum absolute atomic E-state index is 0.107. The predicted octanol–water partition coefficient (Wildman–Crippen LogP) is 3.90. The summed E-state index contributed by atoms with van der Waals surface area (Å²) >= 11 is 1.80. The quantitative estimate of drug-likeness (QED) is 0.929. The molecule has 2 rings (SSSR count). The van der Waals surface area contributed by atoms with Crippen molar-refractivity contribution in [2.45, 2.75) is 59.5 Å². The fourth-order valence-electron chi connectivity index (χ4n) is 1.98. The molecule has 5 heteroatoms. The van der Waals surface area contributed by atoms with Gasteiger partial charge in [-0.1, -0.05) is 25.9 Å². The van der Waals surface area contributed by atoms with Crippen LogP contribution in [0.15, 0.2) is 10.6 Å². The topological polar surface area (TPSA) is 51.0 Å². The molecule has 110 valence electrons. The van der Waals surface area contributed by atoms with Crippen molar-refractivity contribution in [1.29, 1.82) is 0 Å². The maximum absolute atomic E-state index is 5.22. The van der Waals surface area contributed by atoms with Gasteiger partial charge in [-0.2, -0.15) is 0 Å². The number of nitrogens with zero attached hydrogens (tertiary/aromatic N) is 2. The van der Waals surface area contributed by atoms with E-state index in [9.17, 15) is 0 Å². The number of hydrogen-bond donors (Lipinski definition) is 1. The second-order valence-electron chi connectivity index (χ2n) is 6.26. The molecule has 0 aliphatic heterocycles. The number of aromatic nitrogens is 2. The fourth-order valence-corrected chi connectivity index (χ4v) is 3.13. The molecule has 0 bridgehead atoms. The summed E-state index contributed by atoms with van der Waals surface area (Å²) in [6.07, 6.45) is 0. The maximum atomic E-state index is 5.22. The van der Waals surface area contributed by atoms with Crippen LogP contribution in [-0.4, -0.2) is 10.1 Å². The summed E-state index contributed by atoms with van der Waals surface area (Å²) in [5, 5.41) is 8.56. The van der Waals surface area contributed by atoms with E-state index in [4.69, 9.17) is 9.51 Å². The molecule has 0 fully saturated rings. The standard InChI is InChI=1S/C15H23N3OS/c1-9-7-12(19-18-9)8-16-10(2)13-11(3)17-14(20-13)15(4,5)6/h7,10,16H,8H2,1-6H3. The Labute approximate surface area is 124 Å². The summed E-state index contributed by atoms with van der Waals surface area (Å²) in [5.41, 5.74) is 2.14. The van der Waals surface area contributed by atoms with Gasteiger partial charge >= 0.3 is 0 Å². The first-order chi connectivity index (χ1) is 9.27. The Balaban J connectivity index is 2.05. The zero-order valence-electron chi connectivity index (χ0n) is 13.1. The van der Waals surface area contributed by atoms with Crippen molar-refractivity contribution < 1.29 is 4.52 Å². The Bertz CT molecular complexity index is 580. The van der Waals surface area contributed by atoms with Crippen molar-refractivity contribution in [3.8, 4) is 0 Å². The van der Waals surface area contributed by atoms with Gasteiger partial charge in [0.2, 0.25) is 0 Å². The molecule has 2 aromatic heterocycles. The van der Waals surface area contributed by atoms with E-state index in [-0.39, 0.29) is 11.5 Å². The van der Waals surface area contributed by atoms with E-state index in [0.717, 1.165) is 17.1 Å². The molecule has 2 aromatic rings. The zero-order valence-corrected chi connectivity index (χ0v) is 13.9. The van der Waals surface area contributed by atoms with Gasteiger partial charge in [-0.05, 0) is 20.8 Å². The van der Waals surface area contributed by atoms with Crippen LogP contribution in [0.5, 0.6) is 0 Å². The molecule has 0 saturated heterocycles. The number of aryl methyl sites for hydroxylation is 2. The highest BCUT2D eigenvalue weighted by Crippen LogP contribution is 2.32. The van der Waals surface area contributed by atoms with Crippen LogP contribution in [0.3, 0.4) is 0 Å². The molecule has 2 heterocycles. The van der Waals surface area contributed by atoms with Gasteiger partial charge in [-0.15, -0.1) is 11.3 Å². The summed E-state index contributed by atoms with van der Waals surface area (Å²) in [6.45, 7) is 13.5. The average Bonchev–Trinajstić information content (AvgIpc) is 2.92. The van der Waals surface area contributed by atoms with Gasteiger partial charge in [-0.25, -0.2) is 4.98 Å². The largest absolute Gasteiger partial charge is 0.360 e. The van der Waals surface area contributed by atoms with Gasteiger partial charge in [0.15, 0.2) is 5.76 Å². The first-order valence-electron chi connectivity index (χ1n) is 6.90. The molecule has 0 aliphatic carbocycles. The lowest BCUT2D eigenvalue weighted by atomic mass is 9.98. The lowest BCUT2D eigenvalue weighted by Gasteiger charge is -2.14. The summed E-state index contributed by atoms with van der Waals surface area (Å²) in [6, 6.07) is 2.22. The third-order valence-corrected chi connectivity index (χ3v) is 4.89. The van der Waals surface area contributed by atoms with E-state index in [0.29, 0.717) is 6.54 Å². The van der Waals surface area contributed by atoms with Crippen LogP contribution in [0.2, 0.25) is 0 Å². The monoisotopic (exact) mass is 293 g/mol. The van der Waals surface area contributed by atoms with Crippen molar-refractivity contribution >= 4 is 11.3 Å². The van der Waals surface area contributed by atoms with Gasteiger partial charge in [0.25, 0.3) is 0 Å². The molecule has 0 amide bonds. The van der Waals surface area contributed by atoms with Crippen LogP contribution in [0.4, 0.5) is 0 Å². The van der Waals surface area contributed by atoms with E-state index >= 15 is 0 Å². The number of hydrogen-bond acceptors (Lipinski definition) is 5. The van der Waals surface area contributed by atoms with Gasteiger partial charge < -0.3 is 9.84 Å². The van der Waals surface area contributed by atoms with Gasteiger partial charge in [0.1, 0.15) is 0 Å². The van der Waals surface area contributed by atoms with Crippen LogP contribution in [0.25, 0.3) is 0 Å². The zero-order chi connectivity index (χ0) is 14.9. The molecule has 0 aliphatic rings. The van der Waals surface area contributed by atoms with Crippen LogP contribution >= 0.6 is 11.3 Å². The van der Waals surface area contributed by atoms with Gasteiger partial charge in [-0.3, -0.25) is 0 Å². The Morgan fingerprint density at radius 2 is 2.05 bits per heavy atom. The average molecular weight is 293 g/mol. The molecule has 1 atom stereocenters. The molecule has 0 spiro atoms. The minimum atomic E-state index is 0.107. The molecule has 4 nitrogen and oxygen atoms in total. The fraction of sp³-hybridized carbons (Fsp3) is 0.600. The van der Waals surface area contributed by atoms with Gasteiger partial charge in [0, 0.05) is 22.4 Å². The first-order valence-corrected chi connectivity index (χ1v) is 7.72. The highest BCUT2D eigenvalue weighted by molar-refractivity contribution is 7.12. The molecule has 1 N–H and O–H groups in total. The van der Waals surface area contributed by atoms with Crippen molar-refractivity contribution in [1.82, 2.24) is 15.5 Å². The Morgan fingerprint density at radius 1 is 1.35 bits per heavy atom. The van der Waals surface area contributed by atoms with Crippen molar-refractivity contribution in [3.63, 3.8) is 0 Å². The third-order valence-electron chi connectivity index (χ3n) is 3.13. The maximum Gasteiger partial charge on any atom is 0.150 e. The van der Waals surface area contributed by atoms with Crippen LogP contribution in [0, 0.1) is 13.8 Å². The van der Waals surface area contributed by atoms with Crippen LogP contribution in [0.1, 0.15) is 60.8 Å². The summed E-state index contributed by atoms with van der Waals surface area (Å²) in [4.78, 5) is 6.00. The molecule has 1 unspecified atom stereocenters. The SMILES string of the molecule is Cc1cc(CNC(C)c2sc(C(C)(C)C)nc2C)on1. The van der Waals surface area contributed by atoms with E-state index < -0.39 is 0 Å². The van der Waals surface area contributed by atoms with E-state index in [2.05, 4.69) is 45.1 Å². The van der Waals surface area contributed by atoms with Crippen LogP contribution in [-0.2, 0) is 12.0 Å². The number of thiazole rings is 1. The van der Waals surface area contributed by atoms with Gasteiger partial charge in [0.05, 0.1) is 22.9 Å². The van der Waals surface area contributed by atoms with Crippen molar-refractivity contribution in [3.05, 3.63) is 33.1 Å². The van der Waals surface area contributed by atoms with Crippen molar-refractivity contribution in [2.24, 2.45) is 0 Å². The summed E-state index contributed by atoms with van der Waals surface area (Å²) in [7, 11) is 0. The lowest BCUT2D eigenvalue weighted by molar-refractivity contribution is 0.363. The third kappa shape index (κ3) is 3.46. The molecular weight excluding hydrogens is 270 g/mol. The Hall–Kier alpha value is -1.20. The predicted molar refractivity (Wildman–Crippen MR) is 82.0 cm³/mol. The van der Waals surface area contributed by atoms with Crippen molar-refractivity contribution in [2.75, 3.05) is 0 Å². The van der Waals surface area contributed by atoms with Crippen LogP contribution < -0.4 is 5.32 Å². The van der Waals surface area contributed by atoms with E-state index in [1.54, 1.807) is 11.3 Å². The Morgan fingerprint density at radius 3 is 2.55 bits per heavy atom. The van der Waals surface area contributed by atoms with E-state index in [1.165, 1.54) is 9.88 Å².